The molecule has 0 radical (unpaired) electrons. The van der Waals surface area contributed by atoms with Crippen molar-refractivity contribution in [2.45, 2.75) is 39.0 Å². The summed E-state index contributed by atoms with van der Waals surface area (Å²) in [7, 11) is 0. The molecule has 2 N–H and O–H groups in total. The topological polar surface area (TPSA) is 24.1 Å². The summed E-state index contributed by atoms with van der Waals surface area (Å²) in [5, 5.41) is 7.20. The average Bonchev–Trinajstić information content (AvgIpc) is 2.25. The van der Waals surface area contributed by atoms with Crippen LogP contribution < -0.4 is 10.6 Å². The van der Waals surface area contributed by atoms with Gasteiger partial charge in [-0.2, -0.15) is 0 Å². The highest BCUT2D eigenvalue weighted by Crippen LogP contribution is 2.22. The first-order chi connectivity index (χ1) is 7.18. The normalized spacial score (nSPS) is 17.1. The molecule has 2 nitrogen and oxygen atoms in total. The molecule has 0 unspecified atom stereocenters. The number of rotatable bonds is 4. The van der Waals surface area contributed by atoms with Gasteiger partial charge in [0, 0.05) is 13.1 Å². The predicted octanol–water partition coefficient (Wildman–Crippen LogP) is 2.61. The third-order valence-corrected chi connectivity index (χ3v) is 3.12. The van der Waals surface area contributed by atoms with Crippen LogP contribution in [-0.2, 0) is 0 Å². The van der Waals surface area contributed by atoms with E-state index in [-0.39, 0.29) is 0 Å². The van der Waals surface area contributed by atoms with Crippen LogP contribution in [0.1, 0.15) is 39.0 Å². The second-order valence-corrected chi connectivity index (χ2v) is 4.93. The van der Waals surface area contributed by atoms with Crippen LogP contribution in [0, 0.1) is 5.92 Å². The van der Waals surface area contributed by atoms with E-state index in [0.29, 0.717) is 0 Å². The van der Waals surface area contributed by atoms with Crippen molar-refractivity contribution < 1.29 is 0 Å². The summed E-state index contributed by atoms with van der Waals surface area (Å²) in [6, 6.07) is 0. The lowest BCUT2D eigenvalue weighted by molar-refractivity contribution is 0.356. The first-order valence-electron chi connectivity index (χ1n) is 5.84. The minimum Gasteiger partial charge on any atom is -0.362 e. The fraction of sp³-hybridized carbons (Fsp3) is 0.750. The van der Waals surface area contributed by atoms with Crippen molar-refractivity contribution in [1.82, 2.24) is 10.6 Å². The van der Waals surface area contributed by atoms with Gasteiger partial charge in [-0.15, -0.1) is 0 Å². The highest BCUT2D eigenvalue weighted by molar-refractivity contribution is 7.80. The number of nitrogens with one attached hydrogen (secondary N) is 2. The fourth-order valence-electron chi connectivity index (χ4n) is 1.92. The summed E-state index contributed by atoms with van der Waals surface area (Å²) in [5.74, 6) is 0.823. The van der Waals surface area contributed by atoms with Crippen molar-refractivity contribution >= 4 is 17.3 Å². The Hall–Kier alpha value is -0.570. The Balaban J connectivity index is 2.07. The van der Waals surface area contributed by atoms with Crippen LogP contribution in [0.2, 0.25) is 0 Å². The maximum atomic E-state index is 5.18. The molecule has 0 spiro atoms. The molecule has 1 aliphatic rings. The summed E-state index contributed by atoms with van der Waals surface area (Å²) < 4.78 is 0. The SMILES string of the molecule is C=C(C)CNC(=S)NCC1CCCCC1. The third kappa shape index (κ3) is 5.78. The van der Waals surface area contributed by atoms with Gasteiger partial charge in [0.1, 0.15) is 0 Å². The number of hydrogen-bond donors (Lipinski definition) is 2. The summed E-state index contributed by atoms with van der Waals surface area (Å²) in [5.41, 5.74) is 1.11. The monoisotopic (exact) mass is 226 g/mol. The van der Waals surface area contributed by atoms with Gasteiger partial charge in [0.2, 0.25) is 0 Å². The molecule has 86 valence electrons. The van der Waals surface area contributed by atoms with Crippen molar-refractivity contribution in [2.24, 2.45) is 5.92 Å². The molecule has 0 bridgehead atoms. The Morgan fingerprint density at radius 3 is 2.53 bits per heavy atom. The van der Waals surface area contributed by atoms with Crippen molar-refractivity contribution in [3.63, 3.8) is 0 Å². The largest absolute Gasteiger partial charge is 0.362 e. The van der Waals surface area contributed by atoms with E-state index in [2.05, 4.69) is 17.2 Å². The Labute approximate surface area is 98.5 Å². The molecule has 0 aromatic rings. The lowest BCUT2D eigenvalue weighted by Crippen LogP contribution is -2.38. The zero-order valence-electron chi connectivity index (χ0n) is 9.64. The van der Waals surface area contributed by atoms with Gasteiger partial charge in [-0.3, -0.25) is 0 Å². The smallest absolute Gasteiger partial charge is 0.166 e. The molecule has 1 rings (SSSR count). The van der Waals surface area contributed by atoms with Crippen LogP contribution in [0.15, 0.2) is 12.2 Å². The van der Waals surface area contributed by atoms with Gasteiger partial charge in [0.15, 0.2) is 5.11 Å². The second-order valence-electron chi connectivity index (χ2n) is 4.52. The fourth-order valence-corrected chi connectivity index (χ4v) is 2.08. The molecule has 15 heavy (non-hydrogen) atoms. The maximum Gasteiger partial charge on any atom is 0.166 e. The molecule has 3 heteroatoms. The van der Waals surface area contributed by atoms with Crippen LogP contribution in [0.25, 0.3) is 0 Å². The first-order valence-corrected chi connectivity index (χ1v) is 6.25. The molecule has 0 aromatic carbocycles. The number of hydrogen-bond acceptors (Lipinski definition) is 1. The second kappa shape index (κ2) is 6.83. The molecule has 0 aliphatic heterocycles. The van der Waals surface area contributed by atoms with Crippen LogP contribution in [0.4, 0.5) is 0 Å². The van der Waals surface area contributed by atoms with Gasteiger partial charge in [-0.1, -0.05) is 31.4 Å². The molecule has 1 fully saturated rings. The molecule has 1 saturated carbocycles. The van der Waals surface area contributed by atoms with Gasteiger partial charge >= 0.3 is 0 Å². The molecule has 0 amide bonds. The highest BCUT2D eigenvalue weighted by Gasteiger charge is 2.12. The van der Waals surface area contributed by atoms with Gasteiger partial charge in [0.05, 0.1) is 0 Å². The summed E-state index contributed by atoms with van der Waals surface area (Å²) in [6.45, 7) is 7.63. The van der Waals surface area contributed by atoms with E-state index < -0.39 is 0 Å². The summed E-state index contributed by atoms with van der Waals surface area (Å²) in [4.78, 5) is 0. The Morgan fingerprint density at radius 2 is 1.93 bits per heavy atom. The number of thiocarbonyl (C=S) groups is 1. The van der Waals surface area contributed by atoms with E-state index in [9.17, 15) is 0 Å². The molecular formula is C12H22N2S. The average molecular weight is 226 g/mol. The van der Waals surface area contributed by atoms with Crippen molar-refractivity contribution in [3.8, 4) is 0 Å². The van der Waals surface area contributed by atoms with Crippen LogP contribution in [0.3, 0.4) is 0 Å². The van der Waals surface area contributed by atoms with Gasteiger partial charge in [-0.25, -0.2) is 0 Å². The Bertz CT molecular complexity index is 220. The van der Waals surface area contributed by atoms with E-state index in [1.54, 1.807) is 0 Å². The van der Waals surface area contributed by atoms with E-state index in [1.807, 2.05) is 6.92 Å². The van der Waals surface area contributed by atoms with E-state index in [0.717, 1.165) is 29.7 Å². The standard InChI is InChI=1S/C12H22N2S/c1-10(2)8-13-12(15)14-9-11-6-4-3-5-7-11/h11H,1,3-9H2,2H3,(H2,13,14,15). The zero-order chi connectivity index (χ0) is 11.1. The third-order valence-electron chi connectivity index (χ3n) is 2.83. The van der Waals surface area contributed by atoms with Gasteiger partial charge in [-0.05, 0) is 37.9 Å². The van der Waals surface area contributed by atoms with Crippen LogP contribution >= 0.6 is 12.2 Å². The molecule has 0 heterocycles. The molecular weight excluding hydrogens is 204 g/mol. The lowest BCUT2D eigenvalue weighted by Gasteiger charge is -2.22. The summed E-state index contributed by atoms with van der Waals surface area (Å²) >= 11 is 5.18. The first kappa shape index (κ1) is 12.5. The Kier molecular flexibility index (Phi) is 5.69. The maximum absolute atomic E-state index is 5.18. The van der Waals surface area contributed by atoms with Crippen LogP contribution in [0.5, 0.6) is 0 Å². The van der Waals surface area contributed by atoms with Crippen molar-refractivity contribution in [2.75, 3.05) is 13.1 Å². The van der Waals surface area contributed by atoms with Gasteiger partial charge < -0.3 is 10.6 Å². The Morgan fingerprint density at radius 1 is 1.27 bits per heavy atom. The lowest BCUT2D eigenvalue weighted by atomic mass is 9.89. The van der Waals surface area contributed by atoms with Crippen molar-refractivity contribution in [3.05, 3.63) is 12.2 Å². The zero-order valence-corrected chi connectivity index (χ0v) is 10.5. The minimum absolute atomic E-state index is 0.767. The predicted molar refractivity (Wildman–Crippen MR) is 70.0 cm³/mol. The molecule has 0 aromatic heterocycles. The molecule has 0 saturated heterocycles. The van der Waals surface area contributed by atoms with E-state index >= 15 is 0 Å². The highest BCUT2D eigenvalue weighted by atomic mass is 32.1. The van der Waals surface area contributed by atoms with Crippen LogP contribution in [-0.4, -0.2) is 18.2 Å². The minimum atomic E-state index is 0.767. The molecule has 1 aliphatic carbocycles. The van der Waals surface area contributed by atoms with Crippen molar-refractivity contribution in [1.29, 1.82) is 0 Å². The van der Waals surface area contributed by atoms with E-state index in [4.69, 9.17) is 12.2 Å². The summed E-state index contributed by atoms with van der Waals surface area (Å²) in [6.07, 6.45) is 6.90. The van der Waals surface area contributed by atoms with Gasteiger partial charge in [0.25, 0.3) is 0 Å². The quantitative estimate of drug-likeness (QED) is 0.569. The van der Waals surface area contributed by atoms with E-state index in [1.165, 1.54) is 32.1 Å². The molecule has 0 atom stereocenters.